The van der Waals surface area contributed by atoms with Gasteiger partial charge in [0, 0.05) is 31.3 Å². The summed E-state index contributed by atoms with van der Waals surface area (Å²) in [4.78, 5) is 9.90. The summed E-state index contributed by atoms with van der Waals surface area (Å²) in [5, 5.41) is 13.8. The molecule has 0 aromatic heterocycles. The van der Waals surface area contributed by atoms with Gasteiger partial charge in [0.1, 0.15) is 0 Å². The van der Waals surface area contributed by atoms with E-state index >= 15 is 0 Å². The van der Waals surface area contributed by atoms with Crippen molar-refractivity contribution in [3.63, 3.8) is 0 Å². The number of rotatable bonds is 5. The number of morpholine rings is 1. The van der Waals surface area contributed by atoms with Crippen molar-refractivity contribution in [1.82, 2.24) is 10.0 Å². The quantitative estimate of drug-likeness (QED) is 0.578. The number of nitrogens with zero attached hydrogens (tertiary/aromatic N) is 1. The highest BCUT2D eigenvalue weighted by Gasteiger charge is 2.20. The molecule has 1 aliphatic rings. The van der Waals surface area contributed by atoms with Crippen molar-refractivity contribution in [2.75, 3.05) is 26.3 Å². The predicted molar refractivity (Wildman–Crippen MR) is 70.9 cm³/mol. The Labute approximate surface area is 116 Å². The van der Waals surface area contributed by atoms with E-state index in [9.17, 15) is 18.5 Å². The van der Waals surface area contributed by atoms with Gasteiger partial charge in [0.25, 0.3) is 5.69 Å². The van der Waals surface area contributed by atoms with Crippen molar-refractivity contribution in [1.29, 1.82) is 0 Å². The second kappa shape index (κ2) is 6.27. The summed E-state index contributed by atoms with van der Waals surface area (Å²) in [6, 6.07) is 4.84. The van der Waals surface area contributed by atoms with Gasteiger partial charge in [0.2, 0.25) is 10.0 Å². The van der Waals surface area contributed by atoms with E-state index < -0.39 is 14.9 Å². The number of nitro benzene ring substituents is 1. The molecule has 1 saturated heterocycles. The molecule has 8 nitrogen and oxygen atoms in total. The second-order valence-corrected chi connectivity index (χ2v) is 6.10. The lowest BCUT2D eigenvalue weighted by Crippen LogP contribution is -2.48. The Bertz CT molecular complexity index is 583. The Morgan fingerprint density at radius 1 is 1.50 bits per heavy atom. The van der Waals surface area contributed by atoms with Gasteiger partial charge >= 0.3 is 0 Å². The minimum absolute atomic E-state index is 0.0998. The van der Waals surface area contributed by atoms with Crippen LogP contribution >= 0.6 is 0 Å². The minimum Gasteiger partial charge on any atom is -0.378 e. The van der Waals surface area contributed by atoms with Crippen LogP contribution in [0.25, 0.3) is 0 Å². The van der Waals surface area contributed by atoms with Crippen LogP contribution in [-0.2, 0) is 14.8 Å². The summed E-state index contributed by atoms with van der Waals surface area (Å²) in [5.41, 5.74) is -0.257. The first-order valence-corrected chi connectivity index (χ1v) is 7.52. The molecule has 1 unspecified atom stereocenters. The fourth-order valence-corrected chi connectivity index (χ4v) is 2.93. The molecule has 2 N–H and O–H groups in total. The third-order valence-corrected chi connectivity index (χ3v) is 4.28. The Balaban J connectivity index is 2.05. The second-order valence-electron chi connectivity index (χ2n) is 4.33. The number of benzene rings is 1. The Morgan fingerprint density at radius 3 is 2.95 bits per heavy atom. The van der Waals surface area contributed by atoms with Crippen LogP contribution in [0.4, 0.5) is 5.69 Å². The van der Waals surface area contributed by atoms with Crippen molar-refractivity contribution in [2.45, 2.75) is 10.9 Å². The first-order valence-electron chi connectivity index (χ1n) is 6.04. The zero-order chi connectivity index (χ0) is 14.6. The molecular formula is C11H15N3O5S. The smallest absolute Gasteiger partial charge is 0.270 e. The summed E-state index contributed by atoms with van der Waals surface area (Å²) >= 11 is 0. The van der Waals surface area contributed by atoms with Crippen LogP contribution < -0.4 is 10.0 Å². The first kappa shape index (κ1) is 14.9. The summed E-state index contributed by atoms with van der Waals surface area (Å²) < 4.78 is 31.7. The lowest BCUT2D eigenvalue weighted by molar-refractivity contribution is -0.385. The first-order chi connectivity index (χ1) is 9.49. The highest BCUT2D eigenvalue weighted by atomic mass is 32.2. The highest BCUT2D eigenvalue weighted by Crippen LogP contribution is 2.17. The lowest BCUT2D eigenvalue weighted by Gasteiger charge is -2.23. The van der Waals surface area contributed by atoms with Crippen molar-refractivity contribution >= 4 is 15.7 Å². The van der Waals surface area contributed by atoms with E-state index in [1.165, 1.54) is 18.2 Å². The van der Waals surface area contributed by atoms with Crippen LogP contribution in [0.3, 0.4) is 0 Å². The van der Waals surface area contributed by atoms with Crippen LogP contribution in [0.2, 0.25) is 0 Å². The number of nitro groups is 1. The van der Waals surface area contributed by atoms with Gasteiger partial charge in [0.05, 0.1) is 23.0 Å². The number of ether oxygens (including phenoxy) is 1. The minimum atomic E-state index is -3.77. The average Bonchev–Trinajstić information content (AvgIpc) is 2.46. The van der Waals surface area contributed by atoms with E-state index in [2.05, 4.69) is 10.0 Å². The van der Waals surface area contributed by atoms with Crippen molar-refractivity contribution in [3.05, 3.63) is 34.4 Å². The highest BCUT2D eigenvalue weighted by molar-refractivity contribution is 7.89. The van der Waals surface area contributed by atoms with Gasteiger partial charge in [-0.15, -0.1) is 0 Å². The largest absolute Gasteiger partial charge is 0.378 e. The van der Waals surface area contributed by atoms with E-state index in [1.807, 2.05) is 0 Å². The van der Waals surface area contributed by atoms with Crippen LogP contribution in [0.5, 0.6) is 0 Å². The maximum atomic E-state index is 12.0. The van der Waals surface area contributed by atoms with Gasteiger partial charge in [-0.05, 0) is 6.07 Å². The SMILES string of the molecule is O=[N+]([O-])c1cccc(S(=O)(=O)NCC2COCCN2)c1. The zero-order valence-corrected chi connectivity index (χ0v) is 11.4. The molecular weight excluding hydrogens is 286 g/mol. The summed E-state index contributed by atoms with van der Waals surface area (Å²) in [7, 11) is -3.77. The van der Waals surface area contributed by atoms with Crippen LogP contribution in [0, 0.1) is 10.1 Å². The molecule has 1 aromatic carbocycles. The average molecular weight is 301 g/mol. The lowest BCUT2D eigenvalue weighted by atomic mass is 10.3. The van der Waals surface area contributed by atoms with Crippen molar-refractivity contribution < 1.29 is 18.1 Å². The Kier molecular flexibility index (Phi) is 4.65. The molecule has 1 fully saturated rings. The molecule has 0 saturated carbocycles. The van der Waals surface area contributed by atoms with Crippen LogP contribution in [-0.4, -0.2) is 45.7 Å². The molecule has 110 valence electrons. The molecule has 0 radical (unpaired) electrons. The fraction of sp³-hybridized carbons (Fsp3) is 0.455. The van der Waals surface area contributed by atoms with Gasteiger partial charge in [-0.25, -0.2) is 13.1 Å². The molecule has 20 heavy (non-hydrogen) atoms. The van der Waals surface area contributed by atoms with E-state index in [1.54, 1.807) is 0 Å². The van der Waals surface area contributed by atoms with Crippen molar-refractivity contribution in [3.8, 4) is 0 Å². The summed E-state index contributed by atoms with van der Waals surface area (Å²) in [6.07, 6.45) is 0. The normalized spacial score (nSPS) is 19.7. The molecule has 0 aliphatic carbocycles. The standard InChI is InChI=1S/C11H15N3O5S/c15-14(16)10-2-1-3-11(6-10)20(17,18)13-7-9-8-19-5-4-12-9/h1-3,6,9,12-13H,4-5,7-8H2. The number of non-ortho nitro benzene ring substituents is 1. The van der Waals surface area contributed by atoms with E-state index in [-0.39, 0.29) is 23.2 Å². The third-order valence-electron chi connectivity index (χ3n) is 2.86. The molecule has 1 heterocycles. The fourth-order valence-electron chi connectivity index (χ4n) is 1.81. The van der Waals surface area contributed by atoms with Gasteiger partial charge < -0.3 is 10.1 Å². The maximum Gasteiger partial charge on any atom is 0.270 e. The summed E-state index contributed by atoms with van der Waals surface area (Å²) in [5.74, 6) is 0. The van der Waals surface area contributed by atoms with Gasteiger partial charge in [0.15, 0.2) is 0 Å². The molecule has 2 rings (SSSR count). The molecule has 9 heteroatoms. The monoisotopic (exact) mass is 301 g/mol. The number of hydrogen-bond donors (Lipinski definition) is 2. The Morgan fingerprint density at radius 2 is 2.30 bits per heavy atom. The van der Waals surface area contributed by atoms with E-state index in [0.717, 1.165) is 6.07 Å². The molecule has 0 spiro atoms. The molecule has 0 bridgehead atoms. The molecule has 1 aromatic rings. The third kappa shape index (κ3) is 3.73. The maximum absolute atomic E-state index is 12.0. The molecule has 1 aliphatic heterocycles. The van der Waals surface area contributed by atoms with E-state index in [0.29, 0.717) is 19.8 Å². The van der Waals surface area contributed by atoms with Crippen molar-refractivity contribution in [2.24, 2.45) is 0 Å². The van der Waals surface area contributed by atoms with Gasteiger partial charge in [-0.1, -0.05) is 6.07 Å². The predicted octanol–water partition coefficient (Wildman–Crippen LogP) is -0.138. The molecule has 1 atom stereocenters. The molecule has 0 amide bonds. The van der Waals surface area contributed by atoms with Crippen LogP contribution in [0.15, 0.2) is 29.2 Å². The van der Waals surface area contributed by atoms with Gasteiger partial charge in [-0.2, -0.15) is 0 Å². The Hall–Kier alpha value is -1.55. The van der Waals surface area contributed by atoms with Gasteiger partial charge in [-0.3, -0.25) is 10.1 Å². The zero-order valence-electron chi connectivity index (χ0n) is 10.6. The summed E-state index contributed by atoms with van der Waals surface area (Å²) in [6.45, 7) is 1.87. The topological polar surface area (TPSA) is 111 Å². The van der Waals surface area contributed by atoms with Crippen LogP contribution in [0.1, 0.15) is 0 Å². The number of sulfonamides is 1. The number of hydrogen-bond acceptors (Lipinski definition) is 6. The number of nitrogens with one attached hydrogen (secondary N) is 2. The van der Waals surface area contributed by atoms with E-state index in [4.69, 9.17) is 4.74 Å².